The first kappa shape index (κ1) is 13.8. The lowest BCUT2D eigenvalue weighted by Crippen LogP contribution is -1.98. The Morgan fingerprint density at radius 3 is 2.35 bits per heavy atom. The molecule has 5 heteroatoms. The second-order valence-electron chi connectivity index (χ2n) is 5.90. The fourth-order valence-corrected chi connectivity index (χ4v) is 2.76. The highest BCUT2D eigenvalue weighted by Gasteiger charge is 2.24. The highest BCUT2D eigenvalue weighted by atomic mass is 14.9. The smallest absolute Gasteiger partial charge is 0.123 e. The van der Waals surface area contributed by atoms with Crippen LogP contribution in [0, 0.1) is 6.92 Å². The lowest BCUT2D eigenvalue weighted by molar-refractivity contribution is 1.02. The largest absolute Gasteiger partial charge is 0.384 e. The molecule has 5 nitrogen and oxygen atoms in total. The molecule has 4 rings (SSSR count). The summed E-state index contributed by atoms with van der Waals surface area (Å²) in [5.74, 6) is 1.15. The number of anilines is 1. The fourth-order valence-electron chi connectivity index (χ4n) is 2.76. The monoisotopic (exact) mass is 303 g/mol. The van der Waals surface area contributed by atoms with Gasteiger partial charge in [-0.05, 0) is 44.0 Å². The summed E-state index contributed by atoms with van der Waals surface area (Å²) in [6.45, 7) is 1.98. The lowest BCUT2D eigenvalue weighted by Gasteiger charge is -2.11. The molecule has 0 unspecified atom stereocenters. The van der Waals surface area contributed by atoms with Gasteiger partial charge in [0.1, 0.15) is 12.1 Å². The zero-order valence-corrected chi connectivity index (χ0v) is 12.9. The van der Waals surface area contributed by atoms with Crippen molar-refractivity contribution in [2.45, 2.75) is 25.7 Å². The number of nitrogens with two attached hydrogens (primary N) is 1. The maximum Gasteiger partial charge on any atom is 0.123 e. The zero-order chi connectivity index (χ0) is 15.8. The standard InChI is InChI=1S/C18H17N5/c1-11-17(13-5-7-16(19)21-8-13)18(23-10-22-11)14-4-6-15(20-9-14)12-2-3-12/h4-10,12H,2-3H2,1H3,(H2,19,21). The highest BCUT2D eigenvalue weighted by molar-refractivity contribution is 5.81. The van der Waals surface area contributed by atoms with Crippen LogP contribution in [0.1, 0.15) is 30.1 Å². The van der Waals surface area contributed by atoms with Crippen molar-refractivity contribution in [2.75, 3.05) is 5.73 Å². The minimum atomic E-state index is 0.500. The summed E-state index contributed by atoms with van der Waals surface area (Å²) >= 11 is 0. The van der Waals surface area contributed by atoms with Crippen LogP contribution in [0.4, 0.5) is 5.82 Å². The van der Waals surface area contributed by atoms with Gasteiger partial charge in [0, 0.05) is 46.4 Å². The van der Waals surface area contributed by atoms with Crippen LogP contribution in [0.3, 0.4) is 0 Å². The molecule has 0 amide bonds. The molecule has 1 aliphatic carbocycles. The van der Waals surface area contributed by atoms with E-state index in [0.717, 1.165) is 28.1 Å². The Morgan fingerprint density at radius 2 is 1.70 bits per heavy atom. The number of rotatable bonds is 3. The molecule has 23 heavy (non-hydrogen) atoms. The van der Waals surface area contributed by atoms with Crippen LogP contribution in [-0.2, 0) is 0 Å². The van der Waals surface area contributed by atoms with E-state index in [1.807, 2.05) is 19.2 Å². The molecule has 0 spiro atoms. The molecule has 3 aromatic heterocycles. The first-order valence-corrected chi connectivity index (χ1v) is 7.72. The van der Waals surface area contributed by atoms with Gasteiger partial charge in [-0.3, -0.25) is 4.98 Å². The third-order valence-corrected chi connectivity index (χ3v) is 4.17. The van der Waals surface area contributed by atoms with E-state index in [1.54, 1.807) is 18.6 Å². The van der Waals surface area contributed by atoms with Gasteiger partial charge in [-0.2, -0.15) is 0 Å². The van der Waals surface area contributed by atoms with Gasteiger partial charge in [-0.1, -0.05) is 0 Å². The van der Waals surface area contributed by atoms with Crippen LogP contribution in [-0.4, -0.2) is 19.9 Å². The van der Waals surface area contributed by atoms with E-state index in [-0.39, 0.29) is 0 Å². The SMILES string of the molecule is Cc1ncnc(-c2ccc(C3CC3)nc2)c1-c1ccc(N)nc1. The second kappa shape index (κ2) is 5.43. The van der Waals surface area contributed by atoms with Crippen molar-refractivity contribution in [1.82, 2.24) is 19.9 Å². The van der Waals surface area contributed by atoms with Crippen molar-refractivity contribution in [1.29, 1.82) is 0 Å². The minimum Gasteiger partial charge on any atom is -0.384 e. The molecule has 1 saturated carbocycles. The lowest BCUT2D eigenvalue weighted by atomic mass is 10.00. The molecule has 0 radical (unpaired) electrons. The number of aromatic nitrogens is 4. The molecule has 0 aliphatic heterocycles. The third-order valence-electron chi connectivity index (χ3n) is 4.17. The van der Waals surface area contributed by atoms with Crippen LogP contribution >= 0.6 is 0 Å². The Labute approximate surface area is 134 Å². The number of nitrogens with zero attached hydrogens (tertiary/aromatic N) is 4. The van der Waals surface area contributed by atoms with Crippen molar-refractivity contribution in [3.8, 4) is 22.4 Å². The van der Waals surface area contributed by atoms with E-state index in [4.69, 9.17) is 5.73 Å². The summed E-state index contributed by atoms with van der Waals surface area (Å²) in [4.78, 5) is 17.6. The molecule has 1 aliphatic rings. The zero-order valence-electron chi connectivity index (χ0n) is 12.9. The van der Waals surface area contributed by atoms with Crippen molar-refractivity contribution < 1.29 is 0 Å². The normalized spacial score (nSPS) is 14.0. The molecule has 1 fully saturated rings. The van der Waals surface area contributed by atoms with Crippen LogP contribution in [0.2, 0.25) is 0 Å². The first-order chi connectivity index (χ1) is 11.2. The van der Waals surface area contributed by atoms with Crippen molar-refractivity contribution in [3.63, 3.8) is 0 Å². The molecule has 0 aromatic carbocycles. The van der Waals surface area contributed by atoms with E-state index in [2.05, 4.69) is 32.1 Å². The molecule has 0 atom stereocenters. The molecule has 114 valence electrons. The summed E-state index contributed by atoms with van der Waals surface area (Å²) in [5.41, 5.74) is 11.6. The van der Waals surface area contributed by atoms with E-state index in [1.165, 1.54) is 18.5 Å². The van der Waals surface area contributed by atoms with Crippen molar-refractivity contribution in [3.05, 3.63) is 54.4 Å². The van der Waals surface area contributed by atoms with Gasteiger partial charge in [0.05, 0.1) is 5.69 Å². The van der Waals surface area contributed by atoms with Gasteiger partial charge >= 0.3 is 0 Å². The predicted molar refractivity (Wildman–Crippen MR) is 89.6 cm³/mol. The van der Waals surface area contributed by atoms with Crippen LogP contribution in [0.5, 0.6) is 0 Å². The Morgan fingerprint density at radius 1 is 0.913 bits per heavy atom. The van der Waals surface area contributed by atoms with Gasteiger partial charge < -0.3 is 5.73 Å². The van der Waals surface area contributed by atoms with Crippen LogP contribution in [0.15, 0.2) is 43.0 Å². The van der Waals surface area contributed by atoms with E-state index >= 15 is 0 Å². The molecular weight excluding hydrogens is 286 g/mol. The first-order valence-electron chi connectivity index (χ1n) is 7.72. The maximum absolute atomic E-state index is 5.69. The molecule has 0 bridgehead atoms. The quantitative estimate of drug-likeness (QED) is 0.802. The Balaban J connectivity index is 1.81. The van der Waals surface area contributed by atoms with E-state index in [9.17, 15) is 0 Å². The summed E-state index contributed by atoms with van der Waals surface area (Å²) in [7, 11) is 0. The average Bonchev–Trinajstić information content (AvgIpc) is 3.41. The van der Waals surface area contributed by atoms with E-state index < -0.39 is 0 Å². The molecule has 2 N–H and O–H groups in total. The van der Waals surface area contributed by atoms with Gasteiger partial charge in [-0.25, -0.2) is 15.0 Å². The number of nitrogen functional groups attached to an aromatic ring is 1. The second-order valence-corrected chi connectivity index (χ2v) is 5.90. The molecule has 3 heterocycles. The summed E-state index contributed by atoms with van der Waals surface area (Å²) in [6, 6.07) is 7.94. The number of aryl methyl sites for hydroxylation is 1. The number of hydrogen-bond donors (Lipinski definition) is 1. The number of hydrogen-bond acceptors (Lipinski definition) is 5. The van der Waals surface area contributed by atoms with Crippen LogP contribution in [0.25, 0.3) is 22.4 Å². The molecule has 0 saturated heterocycles. The average molecular weight is 303 g/mol. The van der Waals surface area contributed by atoms with Crippen molar-refractivity contribution in [2.24, 2.45) is 0 Å². The van der Waals surface area contributed by atoms with Crippen molar-refractivity contribution >= 4 is 5.82 Å². The summed E-state index contributed by atoms with van der Waals surface area (Å²) in [6.07, 6.45) is 7.76. The predicted octanol–water partition coefficient (Wildman–Crippen LogP) is 3.37. The molecule has 3 aromatic rings. The third kappa shape index (κ3) is 2.65. The fraction of sp³-hybridized carbons (Fsp3) is 0.222. The Bertz CT molecular complexity index is 836. The Hall–Kier alpha value is -2.82. The summed E-state index contributed by atoms with van der Waals surface area (Å²) in [5, 5.41) is 0. The van der Waals surface area contributed by atoms with Gasteiger partial charge in [-0.15, -0.1) is 0 Å². The van der Waals surface area contributed by atoms with Gasteiger partial charge in [0.2, 0.25) is 0 Å². The summed E-state index contributed by atoms with van der Waals surface area (Å²) < 4.78 is 0. The number of pyridine rings is 2. The highest BCUT2D eigenvalue weighted by Crippen LogP contribution is 2.39. The maximum atomic E-state index is 5.69. The van der Waals surface area contributed by atoms with Gasteiger partial charge in [0.25, 0.3) is 0 Å². The van der Waals surface area contributed by atoms with E-state index in [0.29, 0.717) is 11.7 Å². The minimum absolute atomic E-state index is 0.500. The van der Waals surface area contributed by atoms with Crippen LogP contribution < -0.4 is 5.73 Å². The topological polar surface area (TPSA) is 77.6 Å². The Kier molecular flexibility index (Phi) is 3.26. The molecular formula is C18H17N5. The van der Waals surface area contributed by atoms with Gasteiger partial charge in [0.15, 0.2) is 0 Å².